The summed E-state index contributed by atoms with van der Waals surface area (Å²) in [5.74, 6) is 0.454. The summed E-state index contributed by atoms with van der Waals surface area (Å²) in [7, 11) is 1.65. The van der Waals surface area contributed by atoms with Gasteiger partial charge in [0.1, 0.15) is 5.82 Å². The van der Waals surface area contributed by atoms with Crippen molar-refractivity contribution in [3.8, 4) is 0 Å². The highest BCUT2D eigenvalue weighted by Crippen LogP contribution is 2.24. The second kappa shape index (κ2) is 9.53. The zero-order valence-electron chi connectivity index (χ0n) is 18.4. The third-order valence-corrected chi connectivity index (χ3v) is 6.27. The fraction of sp³-hybridized carbons (Fsp3) is 0.435. The van der Waals surface area contributed by atoms with Crippen LogP contribution in [0, 0.1) is 19.7 Å². The Morgan fingerprint density at radius 1 is 1.10 bits per heavy atom. The molecule has 164 valence electrons. The molecule has 0 unspecified atom stereocenters. The molecule has 2 heterocycles. The first kappa shape index (κ1) is 21.4. The molecule has 1 aliphatic heterocycles. The van der Waals surface area contributed by atoms with Crippen LogP contribution in [0.2, 0.25) is 0 Å². The molecule has 7 nitrogen and oxygen atoms in total. The molecule has 0 amide bonds. The van der Waals surface area contributed by atoms with E-state index in [4.69, 9.17) is 4.74 Å². The average Bonchev–Trinajstić information content (AvgIpc) is 3.24. The Balaban J connectivity index is 1.61. The van der Waals surface area contributed by atoms with Gasteiger partial charge >= 0.3 is 0 Å². The van der Waals surface area contributed by atoms with Gasteiger partial charge in [-0.15, -0.1) is 5.10 Å². The first-order valence-corrected chi connectivity index (χ1v) is 10.7. The van der Waals surface area contributed by atoms with Gasteiger partial charge in [0.05, 0.1) is 44.9 Å². The van der Waals surface area contributed by atoms with E-state index in [-0.39, 0.29) is 11.9 Å². The number of hydrogen-bond donors (Lipinski definition) is 1. The predicted octanol–water partition coefficient (Wildman–Crippen LogP) is 1.57. The van der Waals surface area contributed by atoms with Crippen LogP contribution in [0.3, 0.4) is 0 Å². The molecule has 2 aromatic carbocycles. The number of piperazine rings is 1. The van der Waals surface area contributed by atoms with Crippen molar-refractivity contribution in [2.75, 3.05) is 44.8 Å². The number of hydrogen-bond acceptors (Lipinski definition) is 5. The summed E-state index contributed by atoms with van der Waals surface area (Å²) >= 11 is 0. The quantitative estimate of drug-likeness (QED) is 0.623. The van der Waals surface area contributed by atoms with Crippen molar-refractivity contribution in [1.29, 1.82) is 0 Å². The van der Waals surface area contributed by atoms with E-state index in [9.17, 15) is 4.39 Å². The van der Waals surface area contributed by atoms with E-state index in [2.05, 4.69) is 52.5 Å². The molecule has 8 heteroatoms. The zero-order valence-corrected chi connectivity index (χ0v) is 18.4. The molecule has 1 aliphatic rings. The Morgan fingerprint density at radius 2 is 1.87 bits per heavy atom. The van der Waals surface area contributed by atoms with Crippen LogP contribution >= 0.6 is 0 Å². The lowest BCUT2D eigenvalue weighted by Crippen LogP contribution is -3.15. The second-order valence-corrected chi connectivity index (χ2v) is 8.07. The van der Waals surface area contributed by atoms with E-state index in [1.807, 2.05) is 12.1 Å². The number of ether oxygens (including phenoxy) is 1. The second-order valence-electron chi connectivity index (χ2n) is 8.07. The number of rotatable bonds is 7. The van der Waals surface area contributed by atoms with Crippen LogP contribution in [0.1, 0.15) is 28.6 Å². The van der Waals surface area contributed by atoms with Crippen molar-refractivity contribution in [1.82, 2.24) is 20.2 Å². The molecule has 0 spiro atoms. The van der Waals surface area contributed by atoms with Crippen LogP contribution in [0.4, 0.5) is 10.1 Å². The van der Waals surface area contributed by atoms with E-state index in [0.717, 1.165) is 26.2 Å². The zero-order chi connectivity index (χ0) is 21.8. The maximum atomic E-state index is 14.9. The molecule has 3 aromatic rings. The minimum Gasteiger partial charge on any atom is -0.383 e. The van der Waals surface area contributed by atoms with Gasteiger partial charge in [0.15, 0.2) is 6.04 Å². The fourth-order valence-corrected chi connectivity index (χ4v) is 4.41. The molecular weight excluding hydrogens is 395 g/mol. The lowest BCUT2D eigenvalue weighted by Gasteiger charge is -2.38. The summed E-state index contributed by atoms with van der Waals surface area (Å²) in [5, 5.41) is 12.3. The Morgan fingerprint density at radius 3 is 2.61 bits per heavy atom. The van der Waals surface area contributed by atoms with Gasteiger partial charge in [-0.2, -0.15) is 0 Å². The van der Waals surface area contributed by atoms with Crippen molar-refractivity contribution >= 4 is 5.69 Å². The summed E-state index contributed by atoms with van der Waals surface area (Å²) < 4.78 is 21.8. The van der Waals surface area contributed by atoms with E-state index in [0.29, 0.717) is 24.5 Å². The molecule has 1 saturated heterocycles. The van der Waals surface area contributed by atoms with E-state index in [1.165, 1.54) is 27.8 Å². The van der Waals surface area contributed by atoms with Gasteiger partial charge in [-0.25, -0.2) is 9.07 Å². The highest BCUT2D eigenvalue weighted by molar-refractivity contribution is 5.56. The molecule has 0 radical (unpaired) electrons. The van der Waals surface area contributed by atoms with Crippen LogP contribution < -0.4 is 9.80 Å². The number of nitrogens with one attached hydrogen (secondary N) is 1. The molecule has 1 fully saturated rings. The van der Waals surface area contributed by atoms with E-state index in [1.54, 1.807) is 17.9 Å². The summed E-state index contributed by atoms with van der Waals surface area (Å²) in [6.07, 6.45) is 0. The Kier molecular flexibility index (Phi) is 6.58. The standard InChI is InChI=1S/C23H29FN6O/c1-17-7-6-10-21(18(17)2)28-11-13-29(14-12-28)22(19-8-4-5-9-20(19)24)23-25-26-27-30(23)15-16-31-3/h4-10,22H,11-16H2,1-3H3/p+1/t22-/m0/s1. The number of quaternary nitrogens is 1. The number of aromatic nitrogens is 4. The van der Waals surface area contributed by atoms with Crippen LogP contribution in [0.5, 0.6) is 0 Å². The first-order chi connectivity index (χ1) is 15.1. The number of halogens is 1. The molecule has 4 rings (SSSR count). The van der Waals surface area contributed by atoms with Gasteiger partial charge in [-0.3, -0.25) is 0 Å². The van der Waals surface area contributed by atoms with Gasteiger partial charge in [0, 0.05) is 12.8 Å². The number of benzene rings is 2. The van der Waals surface area contributed by atoms with Crippen LogP contribution in [0.15, 0.2) is 42.5 Å². The van der Waals surface area contributed by atoms with E-state index >= 15 is 0 Å². The number of aryl methyl sites for hydroxylation is 1. The van der Waals surface area contributed by atoms with Gasteiger partial charge in [0.25, 0.3) is 0 Å². The van der Waals surface area contributed by atoms with E-state index < -0.39 is 0 Å². The number of anilines is 1. The molecular formula is C23H30FN6O+. The number of nitrogens with zero attached hydrogens (tertiary/aromatic N) is 5. The fourth-order valence-electron chi connectivity index (χ4n) is 4.41. The molecule has 0 saturated carbocycles. The molecule has 1 atom stereocenters. The highest BCUT2D eigenvalue weighted by atomic mass is 19.1. The van der Waals surface area contributed by atoms with Crippen LogP contribution in [0.25, 0.3) is 0 Å². The molecule has 0 aliphatic carbocycles. The molecule has 1 aromatic heterocycles. The molecule has 31 heavy (non-hydrogen) atoms. The normalized spacial score (nSPS) is 15.9. The van der Waals surface area contributed by atoms with Crippen molar-refractivity contribution in [3.63, 3.8) is 0 Å². The van der Waals surface area contributed by atoms with Crippen molar-refractivity contribution < 1.29 is 14.0 Å². The topological polar surface area (TPSA) is 60.5 Å². The van der Waals surface area contributed by atoms with Crippen molar-refractivity contribution in [3.05, 3.63) is 70.8 Å². The van der Waals surface area contributed by atoms with Crippen molar-refractivity contribution in [2.24, 2.45) is 0 Å². The summed E-state index contributed by atoms with van der Waals surface area (Å²) in [5.41, 5.74) is 4.53. The third kappa shape index (κ3) is 4.45. The summed E-state index contributed by atoms with van der Waals surface area (Å²) in [6.45, 7) is 8.87. The van der Waals surface area contributed by atoms with Gasteiger partial charge in [-0.1, -0.05) is 24.3 Å². The Labute approximate surface area is 182 Å². The van der Waals surface area contributed by atoms with Crippen LogP contribution in [-0.2, 0) is 11.3 Å². The maximum absolute atomic E-state index is 14.9. The smallest absolute Gasteiger partial charge is 0.214 e. The number of tetrazole rings is 1. The number of methoxy groups -OCH3 is 1. The minimum absolute atomic E-state index is 0.224. The monoisotopic (exact) mass is 425 g/mol. The lowest BCUT2D eigenvalue weighted by atomic mass is 10.0. The summed E-state index contributed by atoms with van der Waals surface area (Å²) in [4.78, 5) is 3.69. The van der Waals surface area contributed by atoms with Gasteiger partial charge < -0.3 is 14.5 Å². The van der Waals surface area contributed by atoms with Crippen LogP contribution in [-0.4, -0.2) is 60.1 Å². The predicted molar refractivity (Wildman–Crippen MR) is 117 cm³/mol. The SMILES string of the molecule is COCCn1nnnc1[C@H](c1ccccc1F)[NH+]1CCN(c2cccc(C)c2C)CC1. The van der Waals surface area contributed by atoms with Gasteiger partial charge in [0.2, 0.25) is 5.82 Å². The lowest BCUT2D eigenvalue weighted by molar-refractivity contribution is -0.927. The molecule has 0 bridgehead atoms. The molecule has 1 N–H and O–H groups in total. The maximum Gasteiger partial charge on any atom is 0.214 e. The summed E-state index contributed by atoms with van der Waals surface area (Å²) in [6, 6.07) is 13.1. The third-order valence-electron chi connectivity index (χ3n) is 6.27. The van der Waals surface area contributed by atoms with Gasteiger partial charge in [-0.05, 0) is 53.6 Å². The highest BCUT2D eigenvalue weighted by Gasteiger charge is 2.36. The Hall–Kier alpha value is -2.84. The minimum atomic E-state index is -0.270. The first-order valence-electron chi connectivity index (χ1n) is 10.7. The largest absolute Gasteiger partial charge is 0.383 e. The van der Waals surface area contributed by atoms with Crippen molar-refractivity contribution in [2.45, 2.75) is 26.4 Å². The average molecular weight is 426 g/mol. The Bertz CT molecular complexity index is 1010.